The molecule has 0 radical (unpaired) electrons. The van der Waals surface area contributed by atoms with Crippen LogP contribution >= 0.6 is 11.8 Å². The molecule has 1 aromatic rings. The zero-order valence-corrected chi connectivity index (χ0v) is 11.8. The normalized spacial score (nSPS) is 18.6. The van der Waals surface area contributed by atoms with E-state index in [2.05, 4.69) is 10.3 Å². The lowest BCUT2D eigenvalue weighted by Gasteiger charge is -2.06. The molecule has 1 aliphatic rings. The summed E-state index contributed by atoms with van der Waals surface area (Å²) in [7, 11) is 0. The highest BCUT2D eigenvalue weighted by Crippen LogP contribution is 2.23. The van der Waals surface area contributed by atoms with Crippen molar-refractivity contribution in [3.8, 4) is 0 Å². The molecule has 0 spiro atoms. The molecule has 0 bridgehead atoms. The van der Waals surface area contributed by atoms with Gasteiger partial charge in [0.25, 0.3) is 0 Å². The first-order valence-electron chi connectivity index (χ1n) is 6.46. The molecule has 1 aromatic carbocycles. The van der Waals surface area contributed by atoms with Crippen LogP contribution in [0, 0.1) is 0 Å². The topological polar surface area (TPSA) is 41.5 Å². The zero-order valence-electron chi connectivity index (χ0n) is 11.0. The molecule has 0 aromatic heterocycles. The number of nitrogens with zero attached hydrogens (tertiary/aromatic N) is 1. The van der Waals surface area contributed by atoms with Gasteiger partial charge in [-0.05, 0) is 13.3 Å². The molecule has 1 atom stereocenters. The van der Waals surface area contributed by atoms with Crippen LogP contribution in [0.5, 0.6) is 0 Å². The number of rotatable bonds is 5. The van der Waals surface area contributed by atoms with Crippen LogP contribution in [0.15, 0.2) is 47.5 Å². The Kier molecular flexibility index (Phi) is 5.21. The SMILES string of the molecule is C/C=C/CCNC(=O)C1CSC(c2ccccc2)=N1. The first-order valence-corrected chi connectivity index (χ1v) is 7.44. The van der Waals surface area contributed by atoms with Gasteiger partial charge in [-0.25, -0.2) is 0 Å². The van der Waals surface area contributed by atoms with Gasteiger partial charge in [-0.2, -0.15) is 0 Å². The van der Waals surface area contributed by atoms with Crippen LogP contribution in [0.2, 0.25) is 0 Å². The van der Waals surface area contributed by atoms with Crippen molar-refractivity contribution in [3.63, 3.8) is 0 Å². The van der Waals surface area contributed by atoms with Crippen LogP contribution in [-0.2, 0) is 4.79 Å². The maximum atomic E-state index is 11.9. The Morgan fingerprint density at radius 1 is 1.47 bits per heavy atom. The Balaban J connectivity index is 1.89. The highest BCUT2D eigenvalue weighted by Gasteiger charge is 2.25. The molecular formula is C15H18N2OS. The van der Waals surface area contributed by atoms with Crippen LogP contribution in [-0.4, -0.2) is 29.3 Å². The van der Waals surface area contributed by atoms with Crippen LogP contribution in [0.1, 0.15) is 18.9 Å². The number of thioether (sulfide) groups is 1. The van der Waals surface area contributed by atoms with Gasteiger partial charge in [-0.3, -0.25) is 9.79 Å². The largest absolute Gasteiger partial charge is 0.354 e. The van der Waals surface area contributed by atoms with Gasteiger partial charge in [0.05, 0.1) is 5.04 Å². The van der Waals surface area contributed by atoms with E-state index < -0.39 is 0 Å². The number of hydrogen-bond acceptors (Lipinski definition) is 3. The second-order valence-corrected chi connectivity index (χ2v) is 5.28. The summed E-state index contributed by atoms with van der Waals surface area (Å²) in [6.07, 6.45) is 4.91. The smallest absolute Gasteiger partial charge is 0.245 e. The lowest BCUT2D eigenvalue weighted by molar-refractivity contribution is -0.121. The molecule has 0 saturated heterocycles. The Morgan fingerprint density at radius 3 is 3.00 bits per heavy atom. The van der Waals surface area contributed by atoms with Crippen molar-refractivity contribution >= 4 is 22.7 Å². The summed E-state index contributed by atoms with van der Waals surface area (Å²) >= 11 is 1.65. The summed E-state index contributed by atoms with van der Waals surface area (Å²) in [6.45, 7) is 2.66. The minimum Gasteiger partial charge on any atom is -0.354 e. The van der Waals surface area contributed by atoms with Crippen molar-refractivity contribution in [2.75, 3.05) is 12.3 Å². The number of carbonyl (C=O) groups excluding carboxylic acids is 1. The van der Waals surface area contributed by atoms with Gasteiger partial charge in [-0.15, -0.1) is 11.8 Å². The van der Waals surface area contributed by atoms with Crippen molar-refractivity contribution in [2.45, 2.75) is 19.4 Å². The summed E-state index contributed by atoms with van der Waals surface area (Å²) in [6, 6.07) is 9.77. The summed E-state index contributed by atoms with van der Waals surface area (Å²) in [4.78, 5) is 16.4. The number of amides is 1. The van der Waals surface area contributed by atoms with E-state index in [9.17, 15) is 4.79 Å². The van der Waals surface area contributed by atoms with Crippen LogP contribution in [0.25, 0.3) is 0 Å². The second kappa shape index (κ2) is 7.14. The van der Waals surface area contributed by atoms with E-state index in [1.807, 2.05) is 49.4 Å². The third kappa shape index (κ3) is 3.96. The lowest BCUT2D eigenvalue weighted by atomic mass is 10.2. The van der Waals surface area contributed by atoms with Gasteiger partial charge < -0.3 is 5.32 Å². The molecule has 0 fully saturated rings. The Bertz CT molecular complexity index is 482. The molecule has 19 heavy (non-hydrogen) atoms. The number of hydrogen-bond donors (Lipinski definition) is 1. The average molecular weight is 274 g/mol. The minimum atomic E-state index is -0.245. The van der Waals surface area contributed by atoms with Gasteiger partial charge in [0, 0.05) is 17.9 Å². The van der Waals surface area contributed by atoms with Crippen LogP contribution in [0.3, 0.4) is 0 Å². The summed E-state index contributed by atoms with van der Waals surface area (Å²) in [5.74, 6) is 0.766. The highest BCUT2D eigenvalue weighted by molar-refractivity contribution is 8.14. The van der Waals surface area contributed by atoms with E-state index in [-0.39, 0.29) is 11.9 Å². The number of nitrogens with one attached hydrogen (secondary N) is 1. The average Bonchev–Trinajstić information content (AvgIpc) is 2.94. The molecule has 100 valence electrons. The number of allylic oxidation sites excluding steroid dienone is 1. The molecule has 2 rings (SSSR count). The molecule has 1 unspecified atom stereocenters. The predicted octanol–water partition coefficient (Wildman–Crippen LogP) is 2.63. The Morgan fingerprint density at radius 2 is 2.26 bits per heavy atom. The predicted molar refractivity (Wildman–Crippen MR) is 81.7 cm³/mol. The van der Waals surface area contributed by atoms with Crippen molar-refractivity contribution in [1.82, 2.24) is 5.32 Å². The first kappa shape index (κ1) is 13.9. The molecular weight excluding hydrogens is 256 g/mol. The lowest BCUT2D eigenvalue weighted by Crippen LogP contribution is -2.34. The van der Waals surface area contributed by atoms with Gasteiger partial charge in [-0.1, -0.05) is 42.5 Å². The van der Waals surface area contributed by atoms with E-state index in [1.54, 1.807) is 11.8 Å². The fraction of sp³-hybridized carbons (Fsp3) is 0.333. The summed E-state index contributed by atoms with van der Waals surface area (Å²) in [5, 5.41) is 3.89. The maximum absolute atomic E-state index is 11.9. The summed E-state index contributed by atoms with van der Waals surface area (Å²) in [5.41, 5.74) is 1.09. The minimum absolute atomic E-state index is 0.0305. The van der Waals surface area contributed by atoms with Gasteiger partial charge in [0.15, 0.2) is 0 Å². The van der Waals surface area contributed by atoms with Gasteiger partial charge in [0.2, 0.25) is 5.91 Å². The van der Waals surface area contributed by atoms with E-state index in [0.29, 0.717) is 6.54 Å². The molecule has 0 aliphatic carbocycles. The van der Waals surface area contributed by atoms with Crippen molar-refractivity contribution in [3.05, 3.63) is 48.0 Å². The van der Waals surface area contributed by atoms with E-state index in [1.165, 1.54) is 0 Å². The number of aliphatic imine (C=N–C) groups is 1. The fourth-order valence-electron chi connectivity index (χ4n) is 1.81. The van der Waals surface area contributed by atoms with Crippen molar-refractivity contribution in [2.24, 2.45) is 4.99 Å². The molecule has 1 amide bonds. The van der Waals surface area contributed by atoms with Crippen molar-refractivity contribution in [1.29, 1.82) is 0 Å². The van der Waals surface area contributed by atoms with Crippen LogP contribution < -0.4 is 5.32 Å². The maximum Gasteiger partial charge on any atom is 0.245 e. The van der Waals surface area contributed by atoms with E-state index in [4.69, 9.17) is 0 Å². The number of carbonyl (C=O) groups is 1. The van der Waals surface area contributed by atoms with E-state index in [0.717, 1.165) is 22.8 Å². The zero-order chi connectivity index (χ0) is 13.5. The van der Waals surface area contributed by atoms with Crippen LogP contribution in [0.4, 0.5) is 0 Å². The molecule has 1 heterocycles. The van der Waals surface area contributed by atoms with Gasteiger partial charge >= 0.3 is 0 Å². The Labute approximate surface area is 118 Å². The van der Waals surface area contributed by atoms with Gasteiger partial charge in [0.1, 0.15) is 6.04 Å². The molecule has 4 heteroatoms. The second-order valence-electron chi connectivity index (χ2n) is 4.28. The fourth-order valence-corrected chi connectivity index (χ4v) is 2.86. The molecule has 3 nitrogen and oxygen atoms in total. The highest BCUT2D eigenvalue weighted by atomic mass is 32.2. The molecule has 1 aliphatic heterocycles. The third-order valence-corrected chi connectivity index (χ3v) is 3.92. The quantitative estimate of drug-likeness (QED) is 0.662. The van der Waals surface area contributed by atoms with Crippen molar-refractivity contribution < 1.29 is 4.79 Å². The number of benzene rings is 1. The summed E-state index contributed by atoms with van der Waals surface area (Å²) < 4.78 is 0. The Hall–Kier alpha value is -1.55. The third-order valence-electron chi connectivity index (χ3n) is 2.82. The monoisotopic (exact) mass is 274 g/mol. The van der Waals surface area contributed by atoms with E-state index >= 15 is 0 Å². The molecule has 0 saturated carbocycles. The standard InChI is InChI=1S/C15H18N2OS/c1-2-3-7-10-16-14(18)13-11-19-15(17-13)12-8-5-4-6-9-12/h2-6,8-9,13H,7,10-11H2,1H3,(H,16,18)/b3-2+. The first-order chi connectivity index (χ1) is 9.31. The molecule has 1 N–H and O–H groups in total.